The molecule has 0 spiro atoms. The maximum Gasteiger partial charge on any atom is 0.164 e. The van der Waals surface area contributed by atoms with E-state index in [-0.39, 0.29) is 0 Å². The first-order chi connectivity index (χ1) is 34.7. The average molecular weight is 895 g/mol. The summed E-state index contributed by atoms with van der Waals surface area (Å²) in [5.74, 6) is 2.27. The highest BCUT2D eigenvalue weighted by atomic mass is 15.1. The van der Waals surface area contributed by atoms with Gasteiger partial charge in [-0.15, -0.1) is 0 Å². The van der Waals surface area contributed by atoms with Crippen LogP contribution in [0.4, 0.5) is 0 Å². The minimum atomic E-state index is 0.485. The molecule has 4 heterocycles. The van der Waals surface area contributed by atoms with Crippen molar-refractivity contribution in [1.82, 2.24) is 34.1 Å². The zero-order valence-electron chi connectivity index (χ0n) is 37.5. The zero-order chi connectivity index (χ0) is 46.5. The van der Waals surface area contributed by atoms with E-state index in [1.807, 2.05) is 127 Å². The summed E-state index contributed by atoms with van der Waals surface area (Å²) in [5.41, 5.74) is 13.5. The Balaban J connectivity index is 0.998. The summed E-state index contributed by atoms with van der Waals surface area (Å²) in [6, 6.07) is 80.9. The molecule has 4 aromatic heterocycles. The molecule has 0 amide bonds. The molecule has 13 rings (SSSR count). The van der Waals surface area contributed by atoms with Crippen LogP contribution in [-0.4, -0.2) is 34.1 Å². The fourth-order valence-corrected chi connectivity index (χ4v) is 9.77. The van der Waals surface area contributed by atoms with E-state index in [4.69, 9.17) is 24.9 Å². The van der Waals surface area contributed by atoms with Crippen molar-refractivity contribution in [2.45, 2.75) is 0 Å². The van der Waals surface area contributed by atoms with Gasteiger partial charge in [0, 0.05) is 60.6 Å². The van der Waals surface area contributed by atoms with E-state index < -0.39 is 0 Å². The Morgan fingerprint density at radius 1 is 0.314 bits per heavy atom. The second-order valence-electron chi connectivity index (χ2n) is 17.2. The van der Waals surface area contributed by atoms with Crippen LogP contribution in [0, 0.1) is 11.3 Å². The van der Waals surface area contributed by atoms with Crippen molar-refractivity contribution in [1.29, 1.82) is 5.26 Å². The standard InChI is InChI=1S/C62H38N8/c63-39-46-37-45(62-67-60(43-21-9-3-10-22-43)66-61(68-62)44-23-11-4-12-24-44)31-36-54(46)70-56-28-16-14-26-49(56)51-35-34-50-48-25-13-15-27-55(48)69(57(50)58(51)70)47-32-29-41(30-33-47)53-38-52(40-17-5-1-6-18-40)64-59(65-53)42-19-7-2-8-20-42/h1-38H. The van der Waals surface area contributed by atoms with Gasteiger partial charge in [0.1, 0.15) is 6.07 Å². The van der Waals surface area contributed by atoms with Crippen LogP contribution >= 0.6 is 0 Å². The highest BCUT2D eigenvalue weighted by molar-refractivity contribution is 6.24. The van der Waals surface area contributed by atoms with E-state index in [0.717, 1.165) is 94.2 Å². The predicted molar refractivity (Wildman–Crippen MR) is 281 cm³/mol. The number of hydrogen-bond acceptors (Lipinski definition) is 6. The lowest BCUT2D eigenvalue weighted by Gasteiger charge is -2.15. The highest BCUT2D eigenvalue weighted by Gasteiger charge is 2.23. The van der Waals surface area contributed by atoms with Crippen molar-refractivity contribution in [3.63, 3.8) is 0 Å². The first kappa shape index (κ1) is 40.4. The Morgan fingerprint density at radius 3 is 1.23 bits per heavy atom. The zero-order valence-corrected chi connectivity index (χ0v) is 37.5. The molecule has 8 heteroatoms. The van der Waals surface area contributed by atoms with Crippen molar-refractivity contribution in [2.24, 2.45) is 0 Å². The van der Waals surface area contributed by atoms with Crippen LogP contribution in [0.2, 0.25) is 0 Å². The molecule has 0 aliphatic carbocycles. The van der Waals surface area contributed by atoms with Crippen LogP contribution in [0.15, 0.2) is 231 Å². The van der Waals surface area contributed by atoms with Gasteiger partial charge in [0.05, 0.1) is 44.7 Å². The summed E-state index contributed by atoms with van der Waals surface area (Å²) in [6.07, 6.45) is 0. The smallest absolute Gasteiger partial charge is 0.164 e. The quantitative estimate of drug-likeness (QED) is 0.151. The first-order valence-corrected chi connectivity index (χ1v) is 23.1. The predicted octanol–water partition coefficient (Wildman–Crippen LogP) is 14.7. The van der Waals surface area contributed by atoms with Gasteiger partial charge >= 0.3 is 0 Å². The minimum absolute atomic E-state index is 0.485. The third-order valence-electron chi connectivity index (χ3n) is 13.0. The lowest BCUT2D eigenvalue weighted by atomic mass is 10.1. The number of benzene rings is 9. The molecular weight excluding hydrogens is 857 g/mol. The molecule has 0 unspecified atom stereocenters. The monoisotopic (exact) mass is 894 g/mol. The molecule has 0 saturated heterocycles. The highest BCUT2D eigenvalue weighted by Crippen LogP contribution is 2.43. The summed E-state index contributed by atoms with van der Waals surface area (Å²) in [6.45, 7) is 0. The van der Waals surface area contributed by atoms with Gasteiger partial charge in [-0.3, -0.25) is 0 Å². The molecule has 13 aromatic rings. The third kappa shape index (κ3) is 6.88. The Kier molecular flexibility index (Phi) is 9.70. The lowest BCUT2D eigenvalue weighted by molar-refractivity contribution is 1.07. The van der Waals surface area contributed by atoms with Crippen molar-refractivity contribution in [3.05, 3.63) is 236 Å². The van der Waals surface area contributed by atoms with Crippen molar-refractivity contribution in [3.8, 4) is 85.5 Å². The third-order valence-corrected chi connectivity index (χ3v) is 13.0. The first-order valence-electron chi connectivity index (χ1n) is 23.1. The van der Waals surface area contributed by atoms with Crippen LogP contribution in [0.3, 0.4) is 0 Å². The van der Waals surface area contributed by atoms with E-state index in [9.17, 15) is 5.26 Å². The van der Waals surface area contributed by atoms with Crippen molar-refractivity contribution in [2.75, 3.05) is 0 Å². The number of aromatic nitrogens is 7. The van der Waals surface area contributed by atoms with Crippen molar-refractivity contribution < 1.29 is 0 Å². The fourth-order valence-electron chi connectivity index (χ4n) is 9.77. The molecule has 9 aromatic carbocycles. The van der Waals surface area contributed by atoms with Crippen LogP contribution in [0.5, 0.6) is 0 Å². The molecule has 0 radical (unpaired) electrons. The lowest BCUT2D eigenvalue weighted by Crippen LogP contribution is -2.03. The van der Waals surface area contributed by atoms with Crippen molar-refractivity contribution >= 4 is 43.6 Å². The molecule has 0 saturated carbocycles. The summed E-state index contributed by atoms with van der Waals surface area (Å²) >= 11 is 0. The molecule has 0 atom stereocenters. The maximum atomic E-state index is 11.1. The Bertz CT molecular complexity index is 4040. The molecule has 326 valence electrons. The van der Waals surface area contributed by atoms with Gasteiger partial charge in [0.2, 0.25) is 0 Å². The summed E-state index contributed by atoms with van der Waals surface area (Å²) < 4.78 is 4.62. The van der Waals surface area contributed by atoms with E-state index in [1.165, 1.54) is 0 Å². The molecule has 8 nitrogen and oxygen atoms in total. The molecule has 0 aliphatic rings. The molecule has 70 heavy (non-hydrogen) atoms. The number of hydrogen-bond donors (Lipinski definition) is 0. The SMILES string of the molecule is N#Cc1cc(-c2nc(-c3ccccc3)nc(-c3ccccc3)n2)ccc1-n1c2ccccc2c2ccc3c4ccccc4n(-c4ccc(-c5cc(-c6ccccc6)nc(-c6ccccc6)n5)cc4)c3c21. The topological polar surface area (TPSA) is 98.1 Å². The van der Waals surface area contributed by atoms with Crippen LogP contribution < -0.4 is 0 Å². The molecule has 0 aliphatic heterocycles. The maximum absolute atomic E-state index is 11.1. The van der Waals surface area contributed by atoms with Gasteiger partial charge in [-0.05, 0) is 48.5 Å². The van der Waals surface area contributed by atoms with Gasteiger partial charge in [-0.1, -0.05) is 182 Å². The van der Waals surface area contributed by atoms with Gasteiger partial charge in [-0.2, -0.15) is 5.26 Å². The number of nitriles is 1. The van der Waals surface area contributed by atoms with E-state index in [0.29, 0.717) is 34.4 Å². The van der Waals surface area contributed by atoms with Gasteiger partial charge < -0.3 is 9.13 Å². The number of para-hydroxylation sites is 2. The van der Waals surface area contributed by atoms with E-state index in [1.54, 1.807) is 0 Å². The van der Waals surface area contributed by atoms with Crippen LogP contribution in [0.1, 0.15) is 5.56 Å². The number of rotatable bonds is 8. The largest absolute Gasteiger partial charge is 0.307 e. The van der Waals surface area contributed by atoms with Gasteiger partial charge in [-0.25, -0.2) is 24.9 Å². The molecule has 0 N–H and O–H groups in total. The second-order valence-corrected chi connectivity index (χ2v) is 17.2. The summed E-state index contributed by atoms with van der Waals surface area (Å²) in [7, 11) is 0. The Hall–Kier alpha value is -9.84. The molecule has 0 fully saturated rings. The fraction of sp³-hybridized carbons (Fsp3) is 0. The Labute approximate surface area is 402 Å². The average Bonchev–Trinajstić information content (AvgIpc) is 3.97. The summed E-state index contributed by atoms with van der Waals surface area (Å²) in [4.78, 5) is 25.0. The van der Waals surface area contributed by atoms with Crippen LogP contribution in [0.25, 0.3) is 123 Å². The van der Waals surface area contributed by atoms with Crippen LogP contribution in [-0.2, 0) is 0 Å². The normalized spacial score (nSPS) is 11.4. The number of nitrogens with zero attached hydrogens (tertiary/aromatic N) is 8. The minimum Gasteiger partial charge on any atom is -0.307 e. The van der Waals surface area contributed by atoms with E-state index in [2.05, 4.69) is 118 Å². The summed E-state index contributed by atoms with van der Waals surface area (Å²) in [5, 5.41) is 15.5. The van der Waals surface area contributed by atoms with E-state index >= 15 is 0 Å². The molecular formula is C62H38N8. The molecule has 0 bridgehead atoms. The Morgan fingerprint density at radius 2 is 0.714 bits per heavy atom. The van der Waals surface area contributed by atoms with Gasteiger partial charge in [0.25, 0.3) is 0 Å². The van der Waals surface area contributed by atoms with Gasteiger partial charge in [0.15, 0.2) is 23.3 Å². The second kappa shape index (κ2) is 16.8. The number of fused-ring (bicyclic) bond motifs is 7.